The third-order valence-electron chi connectivity index (χ3n) is 12.9. The summed E-state index contributed by atoms with van der Waals surface area (Å²) in [5.41, 5.74) is 12.7. The number of benzene rings is 6. The fourth-order valence-corrected chi connectivity index (χ4v) is 9.56. The molecule has 0 amide bonds. The summed E-state index contributed by atoms with van der Waals surface area (Å²) in [5, 5.41) is 2.35. The quantitative estimate of drug-likeness (QED) is 0.153. The van der Waals surface area contributed by atoms with Crippen LogP contribution in [0.4, 0.5) is 11.4 Å². The molecule has 324 valence electrons. The van der Waals surface area contributed by atoms with E-state index in [1.807, 2.05) is 6.20 Å². The lowest BCUT2D eigenvalue weighted by molar-refractivity contribution is 0.444. The highest BCUT2D eigenvalue weighted by Gasteiger charge is 2.42. The molecule has 0 spiro atoms. The van der Waals surface area contributed by atoms with Crippen LogP contribution in [0.1, 0.15) is 92.9 Å². The maximum absolute atomic E-state index is 7.03. The molecule has 0 fully saturated rings. The number of rotatable bonds is 8. The Morgan fingerprint density at radius 3 is 1.69 bits per heavy atom. The Balaban J connectivity index is 1.15. The van der Waals surface area contributed by atoms with Crippen molar-refractivity contribution in [3.05, 3.63) is 192 Å². The maximum atomic E-state index is 7.03. The topological polar surface area (TPSA) is 33.5 Å². The lowest BCUT2D eigenvalue weighted by Gasteiger charge is -2.34. The molecule has 2 aromatic heterocycles. The van der Waals surface area contributed by atoms with Crippen LogP contribution in [0.2, 0.25) is 0 Å². The van der Waals surface area contributed by atoms with E-state index in [4.69, 9.17) is 9.72 Å². The van der Waals surface area contributed by atoms with Crippen LogP contribution in [0.25, 0.3) is 38.8 Å². The number of hydrogen-bond donors (Lipinski definition) is 0. The van der Waals surface area contributed by atoms with E-state index in [9.17, 15) is 0 Å². The summed E-state index contributed by atoms with van der Waals surface area (Å²) in [7, 11) is 0. The zero-order chi connectivity index (χ0) is 45.2. The number of pyridine rings is 1. The van der Waals surface area contributed by atoms with Crippen LogP contribution < -0.4 is 14.5 Å². The third kappa shape index (κ3) is 7.98. The van der Waals surface area contributed by atoms with E-state index in [2.05, 4.69) is 248 Å². The van der Waals surface area contributed by atoms with Gasteiger partial charge in [0.15, 0.2) is 0 Å². The molecule has 0 atom stereocenters. The highest BCUT2D eigenvalue weighted by molar-refractivity contribution is 6.09. The monoisotopic (exact) mass is 842 g/mol. The van der Waals surface area contributed by atoms with Crippen molar-refractivity contribution in [3.8, 4) is 28.4 Å². The SMILES string of the molecule is CC(C)(C)C1=C(C(C)(C)C)N(c2cc(Oc3ccc4c5ccccc5n(-c5cc(C(C)(C)C)ccn5)c4c3)cc(-c3ccccc3)c2)CN1c1ccc(C(C)(C)c2ccccc2)cc1. The van der Waals surface area contributed by atoms with E-state index in [1.165, 1.54) is 39.2 Å². The zero-order valence-electron chi connectivity index (χ0n) is 39.5. The molecular formula is C59H62N4O. The van der Waals surface area contributed by atoms with Crippen LogP contribution in [-0.2, 0) is 10.8 Å². The molecule has 0 aliphatic carbocycles. The molecule has 5 nitrogen and oxygen atoms in total. The van der Waals surface area contributed by atoms with E-state index >= 15 is 0 Å². The van der Waals surface area contributed by atoms with Gasteiger partial charge in [-0.15, -0.1) is 0 Å². The molecule has 0 unspecified atom stereocenters. The summed E-state index contributed by atoms with van der Waals surface area (Å²) in [4.78, 5) is 9.98. The fraction of sp³-hybridized carbons (Fsp3) is 0.271. The van der Waals surface area contributed by atoms with E-state index in [0.717, 1.165) is 50.6 Å². The lowest BCUT2D eigenvalue weighted by atomic mass is 9.78. The molecule has 6 aromatic carbocycles. The average molecular weight is 843 g/mol. The minimum atomic E-state index is -0.173. The minimum absolute atomic E-state index is 0.0153. The number of fused-ring (bicyclic) bond motifs is 3. The van der Waals surface area contributed by atoms with E-state index in [1.54, 1.807) is 0 Å². The molecule has 3 heterocycles. The predicted molar refractivity (Wildman–Crippen MR) is 270 cm³/mol. The van der Waals surface area contributed by atoms with Crippen LogP contribution in [-0.4, -0.2) is 16.2 Å². The number of allylic oxidation sites excluding steroid dienone is 2. The van der Waals surface area contributed by atoms with Gasteiger partial charge in [0.1, 0.15) is 17.3 Å². The molecule has 0 radical (unpaired) electrons. The van der Waals surface area contributed by atoms with Gasteiger partial charge in [-0.3, -0.25) is 4.57 Å². The Morgan fingerprint density at radius 1 is 0.438 bits per heavy atom. The minimum Gasteiger partial charge on any atom is -0.457 e. The van der Waals surface area contributed by atoms with Crippen molar-refractivity contribution >= 4 is 33.2 Å². The van der Waals surface area contributed by atoms with Crippen molar-refractivity contribution in [1.29, 1.82) is 0 Å². The summed E-state index contributed by atoms with van der Waals surface area (Å²) in [6.45, 7) is 26.1. The first-order valence-electron chi connectivity index (χ1n) is 22.7. The van der Waals surface area contributed by atoms with E-state index in [-0.39, 0.29) is 21.7 Å². The predicted octanol–water partition coefficient (Wildman–Crippen LogP) is 15.8. The smallest absolute Gasteiger partial charge is 0.137 e. The molecule has 64 heavy (non-hydrogen) atoms. The molecule has 9 rings (SSSR count). The number of nitrogens with zero attached hydrogens (tertiary/aromatic N) is 4. The van der Waals surface area contributed by atoms with Crippen molar-refractivity contribution < 1.29 is 4.74 Å². The van der Waals surface area contributed by atoms with Gasteiger partial charge in [-0.05, 0) is 87.8 Å². The summed E-state index contributed by atoms with van der Waals surface area (Å²) in [6, 6.07) is 56.9. The normalized spacial score (nSPS) is 14.0. The number of anilines is 2. The molecule has 8 aromatic rings. The van der Waals surface area contributed by atoms with Crippen LogP contribution in [0.3, 0.4) is 0 Å². The second-order valence-corrected chi connectivity index (χ2v) is 21.1. The van der Waals surface area contributed by atoms with Gasteiger partial charge in [0.05, 0.1) is 17.7 Å². The number of hydrogen-bond acceptors (Lipinski definition) is 4. The van der Waals surface area contributed by atoms with Gasteiger partial charge in [-0.1, -0.05) is 167 Å². The highest BCUT2D eigenvalue weighted by atomic mass is 16.5. The molecule has 0 saturated carbocycles. The molecule has 1 aliphatic heterocycles. The Morgan fingerprint density at radius 2 is 1.03 bits per heavy atom. The molecule has 0 N–H and O–H groups in total. The Kier molecular flexibility index (Phi) is 10.6. The Bertz CT molecular complexity index is 3010. The largest absolute Gasteiger partial charge is 0.457 e. The van der Waals surface area contributed by atoms with Gasteiger partial charge >= 0.3 is 0 Å². The van der Waals surface area contributed by atoms with Gasteiger partial charge in [0, 0.05) is 68.1 Å². The Labute approximate surface area is 380 Å². The third-order valence-corrected chi connectivity index (χ3v) is 12.9. The molecule has 0 saturated heterocycles. The first-order chi connectivity index (χ1) is 30.4. The van der Waals surface area contributed by atoms with Gasteiger partial charge in [0.2, 0.25) is 0 Å². The zero-order valence-corrected chi connectivity index (χ0v) is 39.5. The average Bonchev–Trinajstić information content (AvgIpc) is 3.85. The fourth-order valence-electron chi connectivity index (χ4n) is 9.56. The molecular weight excluding hydrogens is 781 g/mol. The summed E-state index contributed by atoms with van der Waals surface area (Å²) >= 11 is 0. The van der Waals surface area contributed by atoms with Gasteiger partial charge in [-0.2, -0.15) is 0 Å². The maximum Gasteiger partial charge on any atom is 0.137 e. The van der Waals surface area contributed by atoms with Crippen molar-refractivity contribution in [2.24, 2.45) is 10.8 Å². The first-order valence-corrected chi connectivity index (χ1v) is 22.7. The summed E-state index contributed by atoms with van der Waals surface area (Å²) in [6.07, 6.45) is 1.93. The van der Waals surface area contributed by atoms with Gasteiger partial charge < -0.3 is 14.5 Å². The summed E-state index contributed by atoms with van der Waals surface area (Å²) < 4.78 is 9.31. The molecule has 0 bridgehead atoms. The number of aromatic nitrogens is 2. The second-order valence-electron chi connectivity index (χ2n) is 21.1. The van der Waals surface area contributed by atoms with Gasteiger partial charge in [0.25, 0.3) is 0 Å². The van der Waals surface area contributed by atoms with Crippen LogP contribution >= 0.6 is 0 Å². The van der Waals surface area contributed by atoms with E-state index < -0.39 is 0 Å². The summed E-state index contributed by atoms with van der Waals surface area (Å²) in [5.74, 6) is 2.44. The van der Waals surface area contributed by atoms with Gasteiger partial charge in [-0.25, -0.2) is 4.98 Å². The standard InChI is InChI=1S/C59H62N4O/c1-56(2,3)44-32-33-60-53(36-44)63-51-25-19-18-24-49(51)50-31-30-47(38-52(50)63)64-48-35-41(40-20-14-12-15-21-40)34-46(37-48)62-39-61(54(57(4,5)6)55(62)58(7,8)9)45-28-26-43(27-29-45)59(10,11)42-22-16-13-17-23-42/h12-38H,39H2,1-11H3. The second kappa shape index (κ2) is 15.9. The van der Waals surface area contributed by atoms with E-state index in [0.29, 0.717) is 6.67 Å². The van der Waals surface area contributed by atoms with Crippen LogP contribution in [0, 0.1) is 10.8 Å². The first kappa shape index (κ1) is 42.7. The van der Waals surface area contributed by atoms with Crippen molar-refractivity contribution in [2.45, 2.75) is 87.0 Å². The molecule has 1 aliphatic rings. The highest BCUT2D eigenvalue weighted by Crippen LogP contribution is 2.49. The van der Waals surface area contributed by atoms with Crippen LogP contribution in [0.15, 0.2) is 175 Å². The van der Waals surface area contributed by atoms with Crippen molar-refractivity contribution in [3.63, 3.8) is 0 Å². The lowest BCUT2D eigenvalue weighted by Crippen LogP contribution is -2.31. The Hall–Kier alpha value is -6.59. The molecule has 5 heteroatoms. The van der Waals surface area contributed by atoms with Crippen molar-refractivity contribution in [1.82, 2.24) is 9.55 Å². The van der Waals surface area contributed by atoms with Crippen LogP contribution in [0.5, 0.6) is 11.5 Å². The number of para-hydroxylation sites is 1. The van der Waals surface area contributed by atoms with Crippen molar-refractivity contribution in [2.75, 3.05) is 16.5 Å². The number of ether oxygens (including phenoxy) is 1.